The number of rotatable bonds is 2. The van der Waals surface area contributed by atoms with E-state index < -0.39 is 5.97 Å². The van der Waals surface area contributed by atoms with E-state index >= 15 is 0 Å². The van der Waals surface area contributed by atoms with Crippen LogP contribution >= 0.6 is 0 Å². The van der Waals surface area contributed by atoms with Crippen molar-refractivity contribution in [1.29, 1.82) is 0 Å². The fraction of sp³-hybridized carbons (Fsp3) is 0.200. The third-order valence-electron chi connectivity index (χ3n) is 1.43. The summed E-state index contributed by atoms with van der Waals surface area (Å²) in [7, 11) is 1.55. The lowest BCUT2D eigenvalue weighted by Crippen LogP contribution is -1.91. The van der Waals surface area contributed by atoms with Crippen molar-refractivity contribution in [3.63, 3.8) is 0 Å². The highest BCUT2D eigenvalue weighted by Crippen LogP contribution is 2.06. The third kappa shape index (κ3) is 3.15. The van der Waals surface area contributed by atoms with E-state index in [2.05, 4.69) is 16.8 Å². The van der Waals surface area contributed by atoms with E-state index in [0.29, 0.717) is 11.4 Å². The maximum Gasteiger partial charge on any atom is 0.315 e. The molecule has 4 heteroatoms. The van der Waals surface area contributed by atoms with Crippen LogP contribution in [0.5, 0.6) is 5.75 Å². The molecule has 1 N–H and O–H groups in total. The summed E-state index contributed by atoms with van der Waals surface area (Å²) >= 11 is 0. The summed E-state index contributed by atoms with van der Waals surface area (Å²) in [6.07, 6.45) is 1.36. The molecule has 1 aromatic rings. The fourth-order valence-corrected chi connectivity index (χ4v) is 0.785. The number of carboxylic acids is 1. The van der Waals surface area contributed by atoms with Crippen molar-refractivity contribution >= 4 is 5.97 Å². The molecule has 0 saturated carbocycles. The van der Waals surface area contributed by atoms with E-state index in [-0.39, 0.29) is 6.42 Å². The molecule has 0 amide bonds. The molecule has 0 aromatic carbocycles. The van der Waals surface area contributed by atoms with Crippen LogP contribution in [-0.2, 0) is 4.79 Å². The van der Waals surface area contributed by atoms with Crippen LogP contribution in [0.25, 0.3) is 0 Å². The predicted octanol–water partition coefficient (Wildman–Crippen LogP) is 0.916. The maximum absolute atomic E-state index is 10.1. The summed E-state index contributed by atoms with van der Waals surface area (Å²) in [6, 6.07) is 3.39. The lowest BCUT2D eigenvalue weighted by atomic mass is 10.3. The van der Waals surface area contributed by atoms with Crippen molar-refractivity contribution in [3.05, 3.63) is 24.0 Å². The van der Waals surface area contributed by atoms with Crippen molar-refractivity contribution in [2.75, 3.05) is 7.11 Å². The number of methoxy groups -OCH3 is 1. The lowest BCUT2D eigenvalue weighted by Gasteiger charge is -1.96. The molecule has 1 heterocycles. The van der Waals surface area contributed by atoms with Crippen LogP contribution < -0.4 is 4.74 Å². The molecule has 0 radical (unpaired) electrons. The van der Waals surface area contributed by atoms with Gasteiger partial charge in [-0.25, -0.2) is 4.98 Å². The SMILES string of the molecule is COc1ccc(C#CCC(=O)O)nc1. The zero-order valence-electron chi connectivity index (χ0n) is 7.65. The molecule has 0 aliphatic carbocycles. The molecule has 0 fully saturated rings. The minimum atomic E-state index is -0.939. The maximum atomic E-state index is 10.1. The predicted molar refractivity (Wildman–Crippen MR) is 49.9 cm³/mol. The van der Waals surface area contributed by atoms with Crippen LogP contribution in [0.3, 0.4) is 0 Å². The Morgan fingerprint density at radius 3 is 2.93 bits per heavy atom. The van der Waals surface area contributed by atoms with Gasteiger partial charge in [-0.3, -0.25) is 4.79 Å². The quantitative estimate of drug-likeness (QED) is 0.706. The summed E-state index contributed by atoms with van der Waals surface area (Å²) in [5.74, 6) is 4.82. The molecule has 72 valence electrons. The molecule has 1 rings (SSSR count). The molecule has 0 spiro atoms. The zero-order chi connectivity index (χ0) is 10.4. The second-order valence-corrected chi connectivity index (χ2v) is 2.46. The first-order valence-corrected chi connectivity index (χ1v) is 3.93. The number of hydrogen-bond acceptors (Lipinski definition) is 3. The molecule has 0 saturated heterocycles. The van der Waals surface area contributed by atoms with Gasteiger partial charge in [0.25, 0.3) is 0 Å². The number of carboxylic acid groups (broad SMARTS) is 1. The number of hydrogen-bond donors (Lipinski definition) is 1. The summed E-state index contributed by atoms with van der Waals surface area (Å²) in [6.45, 7) is 0. The number of nitrogens with zero attached hydrogens (tertiary/aromatic N) is 1. The molecule has 0 aliphatic heterocycles. The van der Waals surface area contributed by atoms with Crippen LogP contribution in [0.4, 0.5) is 0 Å². The molecular formula is C10H9NO3. The van der Waals surface area contributed by atoms with Crippen LogP contribution in [0.2, 0.25) is 0 Å². The highest BCUT2D eigenvalue weighted by Gasteiger charge is 1.92. The number of aliphatic carboxylic acids is 1. The van der Waals surface area contributed by atoms with Crippen molar-refractivity contribution in [1.82, 2.24) is 4.98 Å². The topological polar surface area (TPSA) is 59.4 Å². The van der Waals surface area contributed by atoms with Gasteiger partial charge >= 0.3 is 5.97 Å². The second kappa shape index (κ2) is 4.87. The number of carbonyl (C=O) groups is 1. The number of aromatic nitrogens is 1. The summed E-state index contributed by atoms with van der Waals surface area (Å²) < 4.78 is 4.91. The Balaban J connectivity index is 2.66. The highest BCUT2D eigenvalue weighted by molar-refractivity contribution is 5.70. The number of pyridine rings is 1. The molecule has 0 atom stereocenters. The van der Waals surface area contributed by atoms with Crippen LogP contribution in [0.15, 0.2) is 18.3 Å². The first-order chi connectivity index (χ1) is 6.72. The van der Waals surface area contributed by atoms with Crippen molar-refractivity contribution in [3.8, 4) is 17.6 Å². The Labute approximate surface area is 81.5 Å². The van der Waals surface area contributed by atoms with E-state index in [1.165, 1.54) is 6.20 Å². The van der Waals surface area contributed by atoms with Crippen LogP contribution in [-0.4, -0.2) is 23.2 Å². The third-order valence-corrected chi connectivity index (χ3v) is 1.43. The van der Waals surface area contributed by atoms with E-state index in [1.807, 2.05) is 0 Å². The Bertz CT molecular complexity index is 373. The van der Waals surface area contributed by atoms with Crippen molar-refractivity contribution in [2.24, 2.45) is 0 Å². The fourth-order valence-electron chi connectivity index (χ4n) is 0.785. The number of ether oxygens (including phenoxy) is 1. The molecule has 0 bridgehead atoms. The zero-order valence-corrected chi connectivity index (χ0v) is 7.65. The molecule has 14 heavy (non-hydrogen) atoms. The van der Waals surface area contributed by atoms with Crippen molar-refractivity contribution in [2.45, 2.75) is 6.42 Å². The van der Waals surface area contributed by atoms with Gasteiger partial charge in [0.05, 0.1) is 13.3 Å². The molecule has 0 aliphatic rings. The van der Waals surface area contributed by atoms with Crippen LogP contribution in [0.1, 0.15) is 12.1 Å². The van der Waals surface area contributed by atoms with Gasteiger partial charge in [-0.2, -0.15) is 0 Å². The van der Waals surface area contributed by atoms with E-state index in [4.69, 9.17) is 9.84 Å². The van der Waals surface area contributed by atoms with E-state index in [9.17, 15) is 4.79 Å². The van der Waals surface area contributed by atoms with Gasteiger partial charge in [0, 0.05) is 0 Å². The Hall–Kier alpha value is -2.02. The Morgan fingerprint density at radius 1 is 1.64 bits per heavy atom. The van der Waals surface area contributed by atoms with E-state index in [0.717, 1.165) is 0 Å². The Kier molecular flexibility index (Phi) is 3.50. The smallest absolute Gasteiger partial charge is 0.315 e. The van der Waals surface area contributed by atoms with Gasteiger partial charge in [0.2, 0.25) is 0 Å². The standard InChI is InChI=1S/C10H9NO3/c1-14-9-6-5-8(11-7-9)3-2-4-10(12)13/h5-7H,4H2,1H3,(H,12,13). The summed E-state index contributed by atoms with van der Waals surface area (Å²) in [4.78, 5) is 14.1. The summed E-state index contributed by atoms with van der Waals surface area (Å²) in [5, 5.41) is 8.33. The van der Waals surface area contributed by atoms with Gasteiger partial charge in [0.1, 0.15) is 17.9 Å². The normalized spacial score (nSPS) is 8.64. The van der Waals surface area contributed by atoms with Crippen LogP contribution in [0, 0.1) is 11.8 Å². The van der Waals surface area contributed by atoms with Gasteiger partial charge in [-0.1, -0.05) is 5.92 Å². The lowest BCUT2D eigenvalue weighted by molar-refractivity contribution is -0.135. The monoisotopic (exact) mass is 191 g/mol. The first-order valence-electron chi connectivity index (χ1n) is 3.93. The minimum Gasteiger partial charge on any atom is -0.495 e. The van der Waals surface area contributed by atoms with Gasteiger partial charge in [0.15, 0.2) is 0 Å². The molecule has 0 unspecified atom stereocenters. The van der Waals surface area contributed by atoms with Gasteiger partial charge < -0.3 is 9.84 Å². The van der Waals surface area contributed by atoms with E-state index in [1.54, 1.807) is 19.2 Å². The average molecular weight is 191 g/mol. The molecule has 4 nitrogen and oxygen atoms in total. The molecular weight excluding hydrogens is 182 g/mol. The Morgan fingerprint density at radius 2 is 2.43 bits per heavy atom. The summed E-state index contributed by atoms with van der Waals surface area (Å²) in [5.41, 5.74) is 0.534. The highest BCUT2D eigenvalue weighted by atomic mass is 16.5. The largest absolute Gasteiger partial charge is 0.495 e. The van der Waals surface area contributed by atoms with Crippen molar-refractivity contribution < 1.29 is 14.6 Å². The minimum absolute atomic E-state index is 0.173. The van der Waals surface area contributed by atoms with Gasteiger partial charge in [-0.15, -0.1) is 0 Å². The second-order valence-electron chi connectivity index (χ2n) is 2.46. The first kappa shape index (κ1) is 10.1. The molecule has 1 aromatic heterocycles. The average Bonchev–Trinajstić information content (AvgIpc) is 2.18. The van der Waals surface area contributed by atoms with Gasteiger partial charge in [-0.05, 0) is 18.1 Å².